The molecule has 1 aliphatic rings. The van der Waals surface area contributed by atoms with Crippen molar-refractivity contribution in [2.24, 2.45) is 0 Å². The predicted octanol–water partition coefficient (Wildman–Crippen LogP) is 3.57. The van der Waals surface area contributed by atoms with E-state index in [9.17, 15) is 4.79 Å². The topological polar surface area (TPSA) is 63.1 Å². The van der Waals surface area contributed by atoms with Gasteiger partial charge in [-0.3, -0.25) is 9.36 Å². The Bertz CT molecular complexity index is 778. The number of nitrogens with one attached hydrogen (secondary N) is 1. The van der Waals surface area contributed by atoms with Gasteiger partial charge in [-0.1, -0.05) is 36.4 Å². The van der Waals surface area contributed by atoms with Gasteiger partial charge in [-0.15, -0.1) is 10.2 Å². The van der Waals surface area contributed by atoms with Crippen LogP contribution in [0.2, 0.25) is 0 Å². The average molecular weight is 388 g/mol. The van der Waals surface area contributed by atoms with E-state index in [0.717, 1.165) is 36.3 Å². The number of anilines is 1. The van der Waals surface area contributed by atoms with E-state index in [-0.39, 0.29) is 11.4 Å². The summed E-state index contributed by atoms with van der Waals surface area (Å²) < 4.78 is 2.08. The molecule has 7 heteroatoms. The van der Waals surface area contributed by atoms with Crippen molar-refractivity contribution in [1.29, 1.82) is 0 Å². The fraction of sp³-hybridized carbons (Fsp3) is 0.550. The summed E-state index contributed by atoms with van der Waals surface area (Å²) in [5.41, 5.74) is 2.05. The molecule has 1 saturated heterocycles. The lowest BCUT2D eigenvalue weighted by atomic mass is 10.0. The van der Waals surface area contributed by atoms with Crippen molar-refractivity contribution in [2.75, 3.05) is 23.7 Å². The number of benzene rings is 1. The van der Waals surface area contributed by atoms with Crippen LogP contribution in [0.3, 0.4) is 0 Å². The van der Waals surface area contributed by atoms with Crippen LogP contribution < -0.4 is 10.2 Å². The van der Waals surface area contributed by atoms with Crippen molar-refractivity contribution in [3.63, 3.8) is 0 Å². The molecule has 0 spiro atoms. The first kappa shape index (κ1) is 19.7. The van der Waals surface area contributed by atoms with Crippen LogP contribution in [-0.2, 0) is 4.79 Å². The van der Waals surface area contributed by atoms with Gasteiger partial charge in [-0.2, -0.15) is 0 Å². The number of nitrogens with zero attached hydrogens (tertiary/aromatic N) is 4. The quantitative estimate of drug-likeness (QED) is 0.736. The highest BCUT2D eigenvalue weighted by Gasteiger charge is 2.24. The van der Waals surface area contributed by atoms with Crippen LogP contribution in [0, 0.1) is 6.92 Å². The first-order valence-electron chi connectivity index (χ1n) is 9.61. The Hall–Kier alpha value is -2.02. The summed E-state index contributed by atoms with van der Waals surface area (Å²) in [5, 5.41) is 12.7. The molecule has 1 fully saturated rings. The maximum atomic E-state index is 12.3. The van der Waals surface area contributed by atoms with E-state index >= 15 is 0 Å². The zero-order valence-corrected chi connectivity index (χ0v) is 17.5. The highest BCUT2D eigenvalue weighted by atomic mass is 32.2. The molecule has 146 valence electrons. The van der Waals surface area contributed by atoms with Crippen molar-refractivity contribution in [1.82, 2.24) is 20.1 Å². The predicted molar refractivity (Wildman–Crippen MR) is 111 cm³/mol. The van der Waals surface area contributed by atoms with E-state index in [1.54, 1.807) is 0 Å². The second-order valence-corrected chi connectivity index (χ2v) is 8.66. The van der Waals surface area contributed by atoms with Crippen LogP contribution in [0.4, 0.5) is 5.95 Å². The normalized spacial score (nSPS) is 14.6. The smallest absolute Gasteiger partial charge is 0.232 e. The Morgan fingerprint density at radius 1 is 1.19 bits per heavy atom. The minimum absolute atomic E-state index is 0.0213. The van der Waals surface area contributed by atoms with Crippen molar-refractivity contribution < 1.29 is 4.79 Å². The van der Waals surface area contributed by atoms with Crippen LogP contribution in [0.15, 0.2) is 29.4 Å². The van der Waals surface area contributed by atoms with Gasteiger partial charge in [-0.05, 0) is 52.2 Å². The number of carbonyl (C=O) groups excluding carboxylic acids is 1. The molecule has 1 aliphatic heterocycles. The van der Waals surface area contributed by atoms with Gasteiger partial charge in [0.2, 0.25) is 11.9 Å². The molecule has 3 rings (SSSR count). The minimum atomic E-state index is -0.191. The van der Waals surface area contributed by atoms with Crippen molar-refractivity contribution >= 4 is 23.6 Å². The van der Waals surface area contributed by atoms with E-state index < -0.39 is 0 Å². The summed E-state index contributed by atoms with van der Waals surface area (Å²) in [6, 6.07) is 8.35. The molecule has 1 N–H and O–H groups in total. The lowest BCUT2D eigenvalue weighted by Gasteiger charge is -2.24. The van der Waals surface area contributed by atoms with Crippen LogP contribution in [-0.4, -0.2) is 45.1 Å². The molecule has 27 heavy (non-hydrogen) atoms. The van der Waals surface area contributed by atoms with Gasteiger partial charge in [0.15, 0.2) is 5.16 Å². The largest absolute Gasteiger partial charge is 0.351 e. The van der Waals surface area contributed by atoms with Gasteiger partial charge in [-0.25, -0.2) is 0 Å². The van der Waals surface area contributed by atoms with Gasteiger partial charge in [0.25, 0.3) is 0 Å². The first-order chi connectivity index (χ1) is 12.9. The van der Waals surface area contributed by atoms with Gasteiger partial charge >= 0.3 is 0 Å². The number of thioether (sulfide) groups is 1. The Morgan fingerprint density at radius 2 is 1.85 bits per heavy atom. The number of hydrogen-bond donors (Lipinski definition) is 1. The fourth-order valence-corrected chi connectivity index (χ4v) is 3.78. The van der Waals surface area contributed by atoms with Crippen molar-refractivity contribution in [2.45, 2.75) is 57.7 Å². The number of hydrogen-bond acceptors (Lipinski definition) is 5. The number of amides is 1. The van der Waals surface area contributed by atoms with Crippen LogP contribution in [0.1, 0.15) is 45.6 Å². The van der Waals surface area contributed by atoms with Crippen molar-refractivity contribution in [3.05, 3.63) is 29.8 Å². The Balaban J connectivity index is 1.82. The molecule has 0 atom stereocenters. The summed E-state index contributed by atoms with van der Waals surface area (Å²) in [6.45, 7) is 10.2. The Kier molecular flexibility index (Phi) is 6.09. The number of carbonyl (C=O) groups is 1. The third kappa shape index (κ3) is 4.83. The molecule has 0 aliphatic carbocycles. The molecule has 1 amide bonds. The van der Waals surface area contributed by atoms with E-state index in [1.807, 2.05) is 13.8 Å². The summed E-state index contributed by atoms with van der Waals surface area (Å²) in [7, 11) is 0. The molecule has 0 radical (unpaired) electrons. The van der Waals surface area contributed by atoms with Crippen LogP contribution in [0.5, 0.6) is 0 Å². The van der Waals surface area contributed by atoms with Crippen LogP contribution >= 0.6 is 11.8 Å². The zero-order chi connectivity index (χ0) is 19.4. The summed E-state index contributed by atoms with van der Waals surface area (Å²) in [4.78, 5) is 14.6. The summed E-state index contributed by atoms with van der Waals surface area (Å²) >= 11 is 1.44. The molecular weight excluding hydrogens is 358 g/mol. The maximum Gasteiger partial charge on any atom is 0.232 e. The average Bonchev–Trinajstić information content (AvgIpc) is 3.30. The van der Waals surface area contributed by atoms with Gasteiger partial charge in [0.05, 0.1) is 11.4 Å². The van der Waals surface area contributed by atoms with Gasteiger partial charge in [0.1, 0.15) is 0 Å². The lowest BCUT2D eigenvalue weighted by Crippen LogP contribution is -2.43. The van der Waals surface area contributed by atoms with Gasteiger partial charge in [0, 0.05) is 18.6 Å². The third-order valence-corrected chi connectivity index (χ3v) is 5.92. The van der Waals surface area contributed by atoms with Crippen molar-refractivity contribution in [3.8, 4) is 5.69 Å². The molecular formula is C20H29N5OS. The molecule has 6 nitrogen and oxygen atoms in total. The van der Waals surface area contributed by atoms with E-state index in [1.165, 1.54) is 30.2 Å². The Labute approximate surface area is 165 Å². The van der Waals surface area contributed by atoms with Gasteiger partial charge < -0.3 is 10.2 Å². The first-order valence-corrected chi connectivity index (χ1v) is 10.6. The molecule has 1 aromatic heterocycles. The molecule has 0 bridgehead atoms. The fourth-order valence-electron chi connectivity index (χ4n) is 3.03. The molecule has 1 aromatic carbocycles. The highest BCUT2D eigenvalue weighted by Crippen LogP contribution is 2.28. The second-order valence-electron chi connectivity index (χ2n) is 7.72. The maximum absolute atomic E-state index is 12.3. The lowest BCUT2D eigenvalue weighted by molar-refractivity contribution is -0.120. The molecule has 2 aromatic rings. The Morgan fingerprint density at radius 3 is 2.48 bits per heavy atom. The molecule has 0 saturated carbocycles. The monoisotopic (exact) mass is 387 g/mol. The minimum Gasteiger partial charge on any atom is -0.351 e. The standard InChI is InChI=1S/C20H29N5OS/c1-5-20(3,4)21-17(26)14-27-19-23-22-18(24-12-6-7-13-24)25(19)16-10-8-15(2)9-11-16/h8-11H,5-7,12-14H2,1-4H3,(H,21,26). The number of aryl methyl sites for hydroxylation is 1. The third-order valence-electron chi connectivity index (χ3n) is 4.99. The van der Waals surface area contributed by atoms with E-state index in [2.05, 4.69) is 63.1 Å². The second kappa shape index (κ2) is 8.33. The number of rotatable bonds is 7. The summed E-state index contributed by atoms with van der Waals surface area (Å²) in [6.07, 6.45) is 3.25. The zero-order valence-electron chi connectivity index (χ0n) is 16.7. The molecule has 2 heterocycles. The summed E-state index contributed by atoms with van der Waals surface area (Å²) in [5.74, 6) is 1.22. The van der Waals surface area contributed by atoms with E-state index in [0.29, 0.717) is 5.75 Å². The van der Waals surface area contributed by atoms with Crippen LogP contribution in [0.25, 0.3) is 5.69 Å². The van der Waals surface area contributed by atoms with E-state index in [4.69, 9.17) is 0 Å². The molecule has 0 unspecified atom stereocenters. The SMILES string of the molecule is CCC(C)(C)NC(=O)CSc1nnc(N2CCCC2)n1-c1ccc(C)cc1. The number of aromatic nitrogens is 3. The highest BCUT2D eigenvalue weighted by molar-refractivity contribution is 7.99.